The first kappa shape index (κ1) is 79.7. The number of halogens is 1. The van der Waals surface area contributed by atoms with Crippen LogP contribution in [0, 0.1) is 0 Å². The highest BCUT2D eigenvalue weighted by atomic mass is 35.5. The maximum absolute atomic E-state index is 14.2. The minimum atomic E-state index is -1.35. The number of ether oxygens (including phenoxy) is 4. The number of unbranched alkanes of at least 4 members (excludes halogenated alkanes) is 3. The fourth-order valence-corrected chi connectivity index (χ4v) is 12.8. The summed E-state index contributed by atoms with van der Waals surface area (Å²) in [6.45, 7) is 2.40. The molecule has 0 radical (unpaired) electrons. The van der Waals surface area contributed by atoms with Gasteiger partial charge in [0.15, 0.2) is 23.0 Å². The van der Waals surface area contributed by atoms with Crippen LogP contribution >= 0.6 is 11.6 Å². The number of hydrogen-bond donors (Lipinski definition) is 6. The number of fused-ring (bicyclic) bond motifs is 1. The van der Waals surface area contributed by atoms with Gasteiger partial charge in [0.1, 0.15) is 50.8 Å². The van der Waals surface area contributed by atoms with Gasteiger partial charge in [-0.15, -0.1) is 0 Å². The lowest BCUT2D eigenvalue weighted by molar-refractivity contribution is -0.192. The van der Waals surface area contributed by atoms with Crippen LogP contribution in [-0.2, 0) is 71.4 Å². The Labute approximate surface area is 639 Å². The van der Waals surface area contributed by atoms with Crippen molar-refractivity contribution in [3.8, 4) is 23.0 Å². The lowest BCUT2D eigenvalue weighted by Gasteiger charge is -2.49. The Balaban J connectivity index is 0.718. The first-order valence-corrected chi connectivity index (χ1v) is 37.2. The van der Waals surface area contributed by atoms with E-state index >= 15 is 0 Å². The number of benzene rings is 8. The van der Waals surface area contributed by atoms with Crippen LogP contribution in [-0.4, -0.2) is 125 Å². The van der Waals surface area contributed by atoms with E-state index in [1.807, 2.05) is 152 Å². The van der Waals surface area contributed by atoms with E-state index in [0.29, 0.717) is 79.9 Å². The molecule has 1 fully saturated rings. The molecule has 0 aliphatic carbocycles. The van der Waals surface area contributed by atoms with E-state index in [4.69, 9.17) is 35.4 Å². The topological polar surface area (TPSA) is 290 Å². The molecule has 8 aromatic rings. The molecule has 10 rings (SSSR count). The quantitative estimate of drug-likeness (QED) is 0.0118. The van der Waals surface area contributed by atoms with Crippen LogP contribution in [0.1, 0.15) is 137 Å². The Morgan fingerprint density at radius 1 is 0.468 bits per heavy atom. The number of carbonyl (C=O) groups excluding carboxylic acids is 8. The minimum Gasteiger partial charge on any atom is -0.485 e. The number of aliphatic carboxylic acids is 1. The summed E-state index contributed by atoms with van der Waals surface area (Å²) in [5.74, 6) is -3.73. The second kappa shape index (κ2) is 41.9. The number of hydroxylamine groups is 2. The molecule has 1 saturated heterocycles. The first-order valence-electron chi connectivity index (χ1n) is 36.8. The summed E-state index contributed by atoms with van der Waals surface area (Å²) >= 11 is 6.17. The van der Waals surface area contributed by atoms with Crippen molar-refractivity contribution in [1.82, 2.24) is 41.4 Å². The number of β-lactam (4-membered cyclic amide) rings is 1. The molecule has 6 N–H and O–H groups in total. The van der Waals surface area contributed by atoms with Gasteiger partial charge in [0.2, 0.25) is 29.5 Å². The van der Waals surface area contributed by atoms with Gasteiger partial charge in [0.25, 0.3) is 17.7 Å². The second-order valence-electron chi connectivity index (χ2n) is 26.3. The second-order valence-corrected chi connectivity index (χ2v) is 26.7. The smallest absolute Gasteiger partial charge is 0.353 e. The van der Waals surface area contributed by atoms with Gasteiger partial charge in [-0.1, -0.05) is 206 Å². The Hall–Kier alpha value is -11.8. The first-order chi connectivity index (χ1) is 53.2. The molecule has 568 valence electrons. The summed E-state index contributed by atoms with van der Waals surface area (Å²) in [7, 11) is 0. The summed E-state index contributed by atoms with van der Waals surface area (Å²) in [4.78, 5) is 131. The predicted octanol–water partition coefficient (Wildman–Crippen LogP) is 11.9. The van der Waals surface area contributed by atoms with Crippen molar-refractivity contribution < 1.29 is 72.0 Å². The summed E-state index contributed by atoms with van der Waals surface area (Å²) in [5.41, 5.74) is 5.17. The third-order valence-electron chi connectivity index (χ3n) is 18.3. The molecule has 2 heterocycles. The number of hydrogen-bond acceptors (Lipinski definition) is 14. The standard InChI is InChI=1S/C85H91ClN8O15/c86-68-43-44-69-77(84(102)94(69)78(68)85(103)104)91-83(101)76(65-37-18-6-19-38-65)90-73(96)46-48-75(98)93(109-59-64-35-16-5-17-36-64)54-22-7-20-49-87-72(95)45-47-74(97)92(53-26-51-89-82(100)67-40-25-42-71(106-56-61-29-10-2-11-30-61)80(67)108-58-63-33-14-4-15-34-63)52-23-21-50-88-81(99)66-39-24-41-70(105-55-60-27-8-1-9-28-60)79(66)107-57-62-31-12-3-13-32-62/h1-6,8-19,24-25,27-42,69,76-77H,7,20-23,26,43-59H2,(H,87,95)(H,88,99)(H,89,100)(H,90,96)(H,91,101)(H,103,104)/t69?,76-,77+/m1/s1. The molecule has 0 bridgehead atoms. The molecule has 2 aliphatic rings. The molecule has 1 unspecified atom stereocenters. The molecule has 0 saturated carbocycles. The zero-order valence-corrected chi connectivity index (χ0v) is 61.4. The van der Waals surface area contributed by atoms with Gasteiger partial charge < -0.3 is 55.5 Å². The highest BCUT2D eigenvalue weighted by Crippen LogP contribution is 2.39. The van der Waals surface area contributed by atoms with E-state index in [1.54, 1.807) is 71.6 Å². The van der Waals surface area contributed by atoms with Crippen molar-refractivity contribution >= 4 is 64.8 Å². The lowest BCUT2D eigenvalue weighted by atomic mass is 9.86. The number of nitrogens with zero attached hydrogens (tertiary/aromatic N) is 3. The van der Waals surface area contributed by atoms with E-state index in [0.717, 1.165) is 32.7 Å². The molecule has 0 spiro atoms. The van der Waals surface area contributed by atoms with E-state index in [2.05, 4.69) is 26.6 Å². The summed E-state index contributed by atoms with van der Waals surface area (Å²) in [5, 5.41) is 25.4. The molecule has 24 heteroatoms. The monoisotopic (exact) mass is 1500 g/mol. The lowest BCUT2D eigenvalue weighted by Crippen LogP contribution is -2.72. The van der Waals surface area contributed by atoms with E-state index in [1.165, 1.54) is 5.06 Å². The Kier molecular flexibility index (Phi) is 30.7. The van der Waals surface area contributed by atoms with Crippen molar-refractivity contribution in [2.75, 3.05) is 39.3 Å². The van der Waals surface area contributed by atoms with Crippen molar-refractivity contribution in [2.45, 2.75) is 128 Å². The maximum Gasteiger partial charge on any atom is 0.353 e. The van der Waals surface area contributed by atoms with Crippen molar-refractivity contribution in [3.63, 3.8) is 0 Å². The number of carboxylic acids is 1. The molecule has 109 heavy (non-hydrogen) atoms. The molecule has 0 aromatic heterocycles. The summed E-state index contributed by atoms with van der Waals surface area (Å²) in [6, 6.07) is 63.6. The molecule has 23 nitrogen and oxygen atoms in total. The van der Waals surface area contributed by atoms with Gasteiger partial charge >= 0.3 is 5.97 Å². The van der Waals surface area contributed by atoms with Crippen LogP contribution in [0.2, 0.25) is 0 Å². The van der Waals surface area contributed by atoms with Crippen molar-refractivity contribution in [3.05, 3.63) is 274 Å². The molecule has 2 aliphatic heterocycles. The van der Waals surface area contributed by atoms with Gasteiger partial charge in [-0.05, 0) is 109 Å². The fraction of sp³-hybridized carbons (Fsp3) is 0.306. The number of carbonyl (C=O) groups is 9. The van der Waals surface area contributed by atoms with E-state index < -0.39 is 53.6 Å². The van der Waals surface area contributed by atoms with Crippen LogP contribution in [0.25, 0.3) is 0 Å². The van der Waals surface area contributed by atoms with Crippen molar-refractivity contribution in [1.29, 1.82) is 0 Å². The SMILES string of the molecule is O=C(CCC(=O)N(CCCCNC(=O)c1cccc(OCc2ccccc2)c1OCc1ccccc1)CCCNC(=O)c1cccc(OCc2ccccc2)c1OCc1ccccc1)NCCCCCN(OCc1ccccc1)C(=O)CCC(=O)N[C@@H](C(=O)N[C@@H]1C(=O)N2C(C(=O)O)=C(Cl)CCC12)c1ccccc1. The number of amides is 8. The normalized spacial score (nSPS) is 13.8. The summed E-state index contributed by atoms with van der Waals surface area (Å²) < 4.78 is 25.1. The van der Waals surface area contributed by atoms with Crippen LogP contribution in [0.4, 0.5) is 0 Å². The molecule has 8 aromatic carbocycles. The average Bonchev–Trinajstić information content (AvgIpc) is 0.734. The number of allylic oxidation sites excluding steroid dienone is 1. The molecular formula is C85H91ClN8O15. The zero-order valence-electron chi connectivity index (χ0n) is 60.7. The van der Waals surface area contributed by atoms with Crippen molar-refractivity contribution in [2.24, 2.45) is 0 Å². The molecule has 3 atom stereocenters. The van der Waals surface area contributed by atoms with Crippen LogP contribution < -0.4 is 45.5 Å². The highest BCUT2D eigenvalue weighted by molar-refractivity contribution is 6.32. The molecular weight excluding hydrogens is 1410 g/mol. The van der Waals surface area contributed by atoms with Crippen LogP contribution in [0.15, 0.2) is 229 Å². The van der Waals surface area contributed by atoms with Gasteiger partial charge in [0, 0.05) is 70.0 Å². The number of para-hydroxylation sites is 2. The number of rotatable bonds is 43. The Morgan fingerprint density at radius 3 is 1.43 bits per heavy atom. The van der Waals surface area contributed by atoms with Gasteiger partial charge in [-0.25, -0.2) is 9.86 Å². The largest absolute Gasteiger partial charge is 0.485 e. The fourth-order valence-electron chi connectivity index (χ4n) is 12.5. The van der Waals surface area contributed by atoms with Crippen LogP contribution in [0.5, 0.6) is 23.0 Å². The third-order valence-corrected chi connectivity index (χ3v) is 18.7. The van der Waals surface area contributed by atoms with Crippen LogP contribution in [0.3, 0.4) is 0 Å². The predicted molar refractivity (Wildman–Crippen MR) is 409 cm³/mol. The number of carboxylic acid groups (broad SMARTS) is 1. The average molecular weight is 1500 g/mol. The summed E-state index contributed by atoms with van der Waals surface area (Å²) in [6.07, 6.45) is 2.65. The Morgan fingerprint density at radius 2 is 0.908 bits per heavy atom. The van der Waals surface area contributed by atoms with E-state index in [9.17, 15) is 48.3 Å². The minimum absolute atomic E-state index is 0.0447. The third kappa shape index (κ3) is 24.1. The van der Waals surface area contributed by atoms with E-state index in [-0.39, 0.29) is 138 Å². The molecule has 8 amide bonds. The number of nitrogens with one attached hydrogen (secondary N) is 5. The maximum atomic E-state index is 14.2. The highest BCUT2D eigenvalue weighted by Gasteiger charge is 2.54. The van der Waals surface area contributed by atoms with Gasteiger partial charge in [-0.2, -0.15) is 0 Å². The van der Waals surface area contributed by atoms with Gasteiger partial charge in [0.05, 0.1) is 17.2 Å². The zero-order chi connectivity index (χ0) is 76.5. The Bertz CT molecular complexity index is 4370. The van der Waals surface area contributed by atoms with Gasteiger partial charge in [-0.3, -0.25) is 48.1 Å².